The predicted octanol–water partition coefficient (Wildman–Crippen LogP) is -0.253. The van der Waals surface area contributed by atoms with Gasteiger partial charge in [-0.1, -0.05) is 6.07 Å². The maximum atomic E-state index is 10.8. The molecule has 1 fully saturated rings. The number of benzene rings is 1. The van der Waals surface area contributed by atoms with Gasteiger partial charge in [-0.15, -0.1) is 0 Å². The molecule has 1 aromatic rings. The van der Waals surface area contributed by atoms with Crippen molar-refractivity contribution < 1.29 is 24.1 Å². The van der Waals surface area contributed by atoms with E-state index in [1.165, 1.54) is 5.22 Å². The van der Waals surface area contributed by atoms with Crippen molar-refractivity contribution in [1.29, 1.82) is 0 Å². The molecule has 0 bridgehead atoms. The van der Waals surface area contributed by atoms with E-state index in [1.54, 1.807) is 7.11 Å². The molecule has 3 rings (SSSR count). The van der Waals surface area contributed by atoms with Crippen molar-refractivity contribution in [2.45, 2.75) is 12.8 Å². The van der Waals surface area contributed by atoms with Crippen LogP contribution in [0.15, 0.2) is 18.2 Å². The predicted molar refractivity (Wildman–Crippen MR) is 79.6 cm³/mol. The topological polar surface area (TPSA) is 68.2 Å². The molecule has 22 heavy (non-hydrogen) atoms. The lowest BCUT2D eigenvalue weighted by Crippen LogP contribution is -2.43. The molecule has 1 aliphatic carbocycles. The first-order chi connectivity index (χ1) is 10.7. The summed E-state index contributed by atoms with van der Waals surface area (Å²) < 4.78 is 16.3. The first-order valence-corrected chi connectivity index (χ1v) is 7.25. The Kier molecular flexibility index (Phi) is 4.42. The third-order valence-electron chi connectivity index (χ3n) is 3.82. The Morgan fingerprint density at radius 2 is 2.18 bits per heavy atom. The third-order valence-corrected chi connectivity index (χ3v) is 3.82. The number of carboxylic acids is 1. The molecule has 0 spiro atoms. The molecule has 6 heteroatoms. The summed E-state index contributed by atoms with van der Waals surface area (Å²) in [5.74, 6) is -0.0116. The molecule has 118 valence electrons. The molecule has 1 N–H and O–H groups in total. The molecule has 0 radical (unpaired) electrons. The monoisotopic (exact) mass is 305 g/mol. The van der Waals surface area contributed by atoms with Gasteiger partial charge in [-0.2, -0.15) is 0 Å². The maximum absolute atomic E-state index is 10.8. The van der Waals surface area contributed by atoms with Crippen molar-refractivity contribution >= 4 is 17.6 Å². The van der Waals surface area contributed by atoms with Crippen molar-refractivity contribution in [1.82, 2.24) is 4.90 Å². The van der Waals surface area contributed by atoms with Crippen LogP contribution in [0.3, 0.4) is 0 Å². The van der Waals surface area contributed by atoms with E-state index in [9.17, 15) is 4.79 Å². The highest BCUT2D eigenvalue weighted by molar-refractivity contribution is 5.83. The zero-order chi connectivity index (χ0) is 15.5. The highest BCUT2D eigenvalue weighted by Gasteiger charge is 2.26. The minimum atomic E-state index is -0.826. The summed E-state index contributed by atoms with van der Waals surface area (Å²) in [6.07, 6.45) is 1.69. The second kappa shape index (κ2) is 6.48. The highest BCUT2D eigenvalue weighted by Crippen LogP contribution is 2.15. The summed E-state index contributed by atoms with van der Waals surface area (Å²) in [6, 6.07) is 5.94. The summed E-state index contributed by atoms with van der Waals surface area (Å²) in [5.41, 5.74) is 1.14. The standard InChI is InChI=1S/C16H19NO5/c1-20-13-3-2-11-8-12(14(11)9-13)10-17(5-4-15(18)19)16-21-6-7-22-16/h2-3,8-9,16H,4-7,10H2,1H3,(H,18,19). The molecule has 0 unspecified atom stereocenters. The van der Waals surface area contributed by atoms with E-state index >= 15 is 0 Å². The van der Waals surface area contributed by atoms with E-state index in [0.29, 0.717) is 26.3 Å². The largest absolute Gasteiger partial charge is 0.497 e. The summed E-state index contributed by atoms with van der Waals surface area (Å²) in [4.78, 5) is 12.7. The molecule has 1 heterocycles. The van der Waals surface area contributed by atoms with Crippen LogP contribution < -0.4 is 15.2 Å². The molecule has 0 saturated carbocycles. The van der Waals surface area contributed by atoms with Crippen molar-refractivity contribution in [3.05, 3.63) is 28.6 Å². The average molecular weight is 305 g/mol. The SMILES string of the molecule is COc1ccc2c(c1)=C(CN(CCC(=O)O)C1OCCO1)C=2. The number of nitrogens with zero attached hydrogens (tertiary/aromatic N) is 1. The van der Waals surface area contributed by atoms with E-state index in [2.05, 4.69) is 6.08 Å². The van der Waals surface area contributed by atoms with E-state index in [1.807, 2.05) is 23.1 Å². The number of rotatable bonds is 7. The molecule has 1 aromatic carbocycles. The van der Waals surface area contributed by atoms with Gasteiger partial charge in [0.25, 0.3) is 0 Å². The lowest BCUT2D eigenvalue weighted by Gasteiger charge is -2.28. The fraction of sp³-hybridized carbons (Fsp3) is 0.438. The molecule has 0 aromatic heterocycles. The Bertz CT molecular complexity index is 678. The van der Waals surface area contributed by atoms with Gasteiger partial charge >= 0.3 is 5.97 Å². The van der Waals surface area contributed by atoms with Crippen LogP contribution in [0.2, 0.25) is 0 Å². The first kappa shape index (κ1) is 15.0. The van der Waals surface area contributed by atoms with E-state index in [0.717, 1.165) is 16.5 Å². The van der Waals surface area contributed by atoms with Crippen LogP contribution in [0.25, 0.3) is 11.6 Å². The second-order valence-electron chi connectivity index (χ2n) is 5.29. The molecular weight excluding hydrogens is 286 g/mol. The Balaban J connectivity index is 1.77. The summed E-state index contributed by atoms with van der Waals surface area (Å²) in [5, 5.41) is 11.2. The quantitative estimate of drug-likeness (QED) is 0.749. The number of hydrogen-bond donors (Lipinski definition) is 1. The van der Waals surface area contributed by atoms with Gasteiger partial charge in [-0.05, 0) is 34.2 Å². The molecule has 0 amide bonds. The van der Waals surface area contributed by atoms with Crippen molar-refractivity contribution in [2.24, 2.45) is 0 Å². The van der Waals surface area contributed by atoms with Crippen molar-refractivity contribution in [3.8, 4) is 5.75 Å². The summed E-state index contributed by atoms with van der Waals surface area (Å²) >= 11 is 0. The molecule has 0 atom stereocenters. The van der Waals surface area contributed by atoms with Gasteiger partial charge in [0, 0.05) is 13.1 Å². The Morgan fingerprint density at radius 1 is 1.41 bits per heavy atom. The maximum Gasteiger partial charge on any atom is 0.304 e. The summed E-state index contributed by atoms with van der Waals surface area (Å²) in [6.45, 7) is 2.06. The molecular formula is C16H19NO5. The van der Waals surface area contributed by atoms with Gasteiger partial charge in [0.1, 0.15) is 5.75 Å². The van der Waals surface area contributed by atoms with E-state index < -0.39 is 12.4 Å². The smallest absolute Gasteiger partial charge is 0.304 e. The Hall–Kier alpha value is -1.89. The van der Waals surface area contributed by atoms with Gasteiger partial charge < -0.3 is 19.3 Å². The molecule has 1 saturated heterocycles. The van der Waals surface area contributed by atoms with Crippen LogP contribution in [0.5, 0.6) is 5.75 Å². The Labute approximate surface area is 128 Å². The average Bonchev–Trinajstić information content (AvgIpc) is 3.01. The minimum absolute atomic E-state index is 0.0570. The first-order valence-electron chi connectivity index (χ1n) is 7.25. The fourth-order valence-corrected chi connectivity index (χ4v) is 2.66. The fourth-order valence-electron chi connectivity index (χ4n) is 2.66. The molecule has 6 nitrogen and oxygen atoms in total. The second-order valence-corrected chi connectivity index (χ2v) is 5.29. The lowest BCUT2D eigenvalue weighted by molar-refractivity contribution is -0.153. The number of ether oxygens (including phenoxy) is 3. The van der Waals surface area contributed by atoms with Gasteiger partial charge in [0.05, 0.1) is 26.7 Å². The third kappa shape index (κ3) is 3.14. The van der Waals surface area contributed by atoms with Crippen molar-refractivity contribution in [3.63, 3.8) is 0 Å². The number of methoxy groups -OCH3 is 1. The van der Waals surface area contributed by atoms with Gasteiger partial charge in [-0.25, -0.2) is 0 Å². The number of carbonyl (C=O) groups is 1. The van der Waals surface area contributed by atoms with Gasteiger partial charge in [0.2, 0.25) is 6.41 Å². The lowest BCUT2D eigenvalue weighted by atomic mass is 9.99. The number of aliphatic carboxylic acids is 1. The normalized spacial score (nSPS) is 17.1. The number of carboxylic acid groups (broad SMARTS) is 1. The van der Waals surface area contributed by atoms with Crippen LogP contribution in [-0.2, 0) is 14.3 Å². The van der Waals surface area contributed by atoms with E-state index in [-0.39, 0.29) is 6.42 Å². The zero-order valence-corrected chi connectivity index (χ0v) is 12.4. The van der Waals surface area contributed by atoms with Gasteiger partial charge in [0.15, 0.2) is 0 Å². The zero-order valence-electron chi connectivity index (χ0n) is 12.4. The van der Waals surface area contributed by atoms with E-state index in [4.69, 9.17) is 19.3 Å². The Morgan fingerprint density at radius 3 is 2.86 bits per heavy atom. The van der Waals surface area contributed by atoms with Crippen LogP contribution in [0.1, 0.15) is 6.42 Å². The number of hydrogen-bond acceptors (Lipinski definition) is 5. The van der Waals surface area contributed by atoms with Crippen LogP contribution >= 0.6 is 0 Å². The number of fused-ring (bicyclic) bond motifs is 1. The summed E-state index contributed by atoms with van der Waals surface area (Å²) in [7, 11) is 1.64. The van der Waals surface area contributed by atoms with Crippen LogP contribution in [0.4, 0.5) is 0 Å². The van der Waals surface area contributed by atoms with Crippen molar-refractivity contribution in [2.75, 3.05) is 33.4 Å². The molecule has 1 aliphatic heterocycles. The van der Waals surface area contributed by atoms with Crippen LogP contribution in [-0.4, -0.2) is 55.8 Å². The van der Waals surface area contributed by atoms with Crippen LogP contribution in [0, 0.1) is 0 Å². The molecule has 2 aliphatic rings. The highest BCUT2D eigenvalue weighted by atomic mass is 16.7. The minimum Gasteiger partial charge on any atom is -0.497 e. The van der Waals surface area contributed by atoms with Gasteiger partial charge in [-0.3, -0.25) is 9.69 Å².